The SMILES string of the molecule is CCCCN(CCCCN(C)C)C(=O)CN1CC(c2ccc3c(c2)CCO3)C[C@@H]1CC(N)C=C(C)C.CSC(=O)O. The van der Waals surface area contributed by atoms with Gasteiger partial charge in [-0.1, -0.05) is 37.1 Å². The maximum absolute atomic E-state index is 13.6. The van der Waals surface area contributed by atoms with Crippen molar-refractivity contribution >= 4 is 23.0 Å². The summed E-state index contributed by atoms with van der Waals surface area (Å²) in [5.41, 5.74) is 10.5. The minimum atomic E-state index is -0.829. The van der Waals surface area contributed by atoms with Gasteiger partial charge in [0.2, 0.25) is 5.91 Å². The second-order valence-electron chi connectivity index (χ2n) is 11.8. The Morgan fingerprint density at radius 3 is 2.51 bits per heavy atom. The first-order chi connectivity index (χ1) is 19.5. The second kappa shape index (κ2) is 18.5. The molecule has 0 bridgehead atoms. The van der Waals surface area contributed by atoms with E-state index >= 15 is 0 Å². The smallest absolute Gasteiger partial charge is 0.364 e. The number of fused-ring (bicyclic) bond motifs is 1. The summed E-state index contributed by atoms with van der Waals surface area (Å²) in [6.07, 6.45) is 11.0. The van der Waals surface area contributed by atoms with Crippen molar-refractivity contribution in [1.29, 1.82) is 0 Å². The maximum atomic E-state index is 13.6. The van der Waals surface area contributed by atoms with E-state index in [0.29, 0.717) is 18.5 Å². The Labute approximate surface area is 252 Å². The third-order valence-electron chi connectivity index (χ3n) is 7.74. The highest BCUT2D eigenvalue weighted by Gasteiger charge is 2.35. The number of carboxylic acid groups (broad SMARTS) is 1. The molecule has 9 heteroatoms. The second-order valence-corrected chi connectivity index (χ2v) is 12.6. The number of likely N-dealkylation sites (tertiary alicyclic amines) is 1. The highest BCUT2D eigenvalue weighted by molar-refractivity contribution is 8.12. The monoisotopic (exact) mass is 590 g/mol. The van der Waals surface area contributed by atoms with Crippen LogP contribution in [0.3, 0.4) is 0 Å². The van der Waals surface area contributed by atoms with E-state index in [-0.39, 0.29) is 11.9 Å². The lowest BCUT2D eigenvalue weighted by Gasteiger charge is -2.29. The van der Waals surface area contributed by atoms with E-state index < -0.39 is 5.30 Å². The number of allylic oxidation sites excluding steroid dienone is 1. The van der Waals surface area contributed by atoms with Gasteiger partial charge < -0.3 is 25.4 Å². The van der Waals surface area contributed by atoms with E-state index in [9.17, 15) is 9.59 Å². The molecule has 1 amide bonds. The first kappa shape index (κ1) is 35.1. The number of rotatable bonds is 14. The fraction of sp³-hybridized carbons (Fsp3) is 0.688. The lowest BCUT2D eigenvalue weighted by molar-refractivity contribution is -0.132. The average molecular weight is 591 g/mol. The Kier molecular flexibility index (Phi) is 15.8. The van der Waals surface area contributed by atoms with E-state index in [2.05, 4.69) is 73.8 Å². The minimum absolute atomic E-state index is 0.0204. The van der Waals surface area contributed by atoms with Gasteiger partial charge in [0.1, 0.15) is 5.75 Å². The van der Waals surface area contributed by atoms with Crippen LogP contribution < -0.4 is 10.5 Å². The lowest BCUT2D eigenvalue weighted by atomic mass is 9.92. The molecule has 1 aromatic rings. The Bertz CT molecular complexity index is 982. The predicted octanol–water partition coefficient (Wildman–Crippen LogP) is 5.46. The van der Waals surface area contributed by atoms with Crippen molar-refractivity contribution in [2.24, 2.45) is 5.73 Å². The molecule has 3 N–H and O–H groups in total. The molecule has 41 heavy (non-hydrogen) atoms. The normalized spacial score (nSPS) is 18.7. The number of ether oxygens (including phenoxy) is 1. The van der Waals surface area contributed by atoms with Gasteiger partial charge in [0.05, 0.1) is 13.2 Å². The fourth-order valence-corrected chi connectivity index (χ4v) is 5.65. The first-order valence-electron chi connectivity index (χ1n) is 15.1. The van der Waals surface area contributed by atoms with Gasteiger partial charge >= 0.3 is 5.30 Å². The topological polar surface area (TPSA) is 99.3 Å². The molecule has 2 aliphatic heterocycles. The van der Waals surface area contributed by atoms with E-state index in [0.717, 1.165) is 95.2 Å². The predicted molar refractivity (Wildman–Crippen MR) is 171 cm³/mol. The number of amides is 1. The van der Waals surface area contributed by atoms with Crippen LogP contribution in [0.1, 0.15) is 76.3 Å². The molecule has 2 heterocycles. The van der Waals surface area contributed by atoms with Gasteiger partial charge in [-0.3, -0.25) is 9.69 Å². The molecule has 0 aromatic heterocycles. The molecular weight excluding hydrogens is 536 g/mol. The third kappa shape index (κ3) is 12.8. The zero-order valence-corrected chi connectivity index (χ0v) is 27.0. The van der Waals surface area contributed by atoms with E-state index in [1.807, 2.05) is 0 Å². The Morgan fingerprint density at radius 2 is 1.88 bits per heavy atom. The summed E-state index contributed by atoms with van der Waals surface area (Å²) in [5.74, 6) is 1.74. The standard InChI is InChI=1S/C30H50N4O2.C2H4O2S/c1-6-7-14-33(15-9-8-13-32(4)5)30(35)22-34-21-26(19-28(34)20-27(31)17-23(2)3)24-10-11-29-25(18-24)12-16-36-29;1-5-2(3)4/h10-11,17-18,26-28H,6-9,12-16,19-22,31H2,1-5H3;1H3,(H,3,4)/t26?,27?,28-;/m1./s1. The number of nitrogens with two attached hydrogens (primary N) is 1. The van der Waals surface area contributed by atoms with Crippen molar-refractivity contribution in [3.8, 4) is 5.75 Å². The molecule has 2 aliphatic rings. The highest BCUT2D eigenvalue weighted by atomic mass is 32.2. The number of benzene rings is 1. The molecule has 8 nitrogen and oxygen atoms in total. The van der Waals surface area contributed by atoms with Gasteiger partial charge in [-0.05, 0) is 108 Å². The summed E-state index contributed by atoms with van der Waals surface area (Å²) in [4.78, 5) is 29.6. The van der Waals surface area contributed by atoms with Crippen LogP contribution in [0.15, 0.2) is 29.8 Å². The van der Waals surface area contributed by atoms with Crippen molar-refractivity contribution < 1.29 is 19.4 Å². The molecule has 3 rings (SSSR count). The lowest BCUT2D eigenvalue weighted by Crippen LogP contribution is -2.44. The summed E-state index contributed by atoms with van der Waals surface area (Å²) in [5, 5.41) is 6.86. The molecule has 3 atom stereocenters. The molecule has 0 saturated carbocycles. The number of carbonyl (C=O) groups excluding carboxylic acids is 1. The number of nitrogens with zero attached hydrogens (tertiary/aromatic N) is 3. The molecule has 232 valence electrons. The summed E-state index contributed by atoms with van der Waals surface area (Å²) < 4.78 is 5.73. The van der Waals surface area contributed by atoms with Crippen molar-refractivity contribution in [2.45, 2.75) is 83.7 Å². The Morgan fingerprint density at radius 1 is 1.20 bits per heavy atom. The molecular formula is C32H54N4O4S. The zero-order valence-electron chi connectivity index (χ0n) is 26.2. The van der Waals surface area contributed by atoms with Crippen LogP contribution in [-0.4, -0.2) is 103 Å². The van der Waals surface area contributed by atoms with Gasteiger partial charge in [-0.15, -0.1) is 0 Å². The van der Waals surface area contributed by atoms with Crippen LogP contribution in [0.4, 0.5) is 4.79 Å². The molecule has 0 aliphatic carbocycles. The van der Waals surface area contributed by atoms with Crippen LogP contribution in [0, 0.1) is 0 Å². The minimum Gasteiger partial charge on any atom is -0.493 e. The summed E-state index contributed by atoms with van der Waals surface area (Å²) in [7, 11) is 4.22. The van der Waals surface area contributed by atoms with Crippen molar-refractivity contribution in [3.05, 3.63) is 41.0 Å². The van der Waals surface area contributed by atoms with E-state index in [1.165, 1.54) is 23.0 Å². The fourth-order valence-electron chi connectivity index (χ4n) is 5.65. The molecule has 0 spiro atoms. The zero-order chi connectivity index (χ0) is 30.4. The molecule has 0 radical (unpaired) electrons. The van der Waals surface area contributed by atoms with Gasteiger partial charge in [0.25, 0.3) is 0 Å². The van der Waals surface area contributed by atoms with Gasteiger partial charge in [0, 0.05) is 38.1 Å². The van der Waals surface area contributed by atoms with Crippen LogP contribution in [0.25, 0.3) is 0 Å². The summed E-state index contributed by atoms with van der Waals surface area (Å²) >= 11 is 0.796. The number of thioether (sulfide) groups is 1. The van der Waals surface area contributed by atoms with Crippen molar-refractivity contribution in [3.63, 3.8) is 0 Å². The summed E-state index contributed by atoms with van der Waals surface area (Å²) in [6, 6.07) is 7.04. The van der Waals surface area contributed by atoms with Crippen LogP contribution in [-0.2, 0) is 11.2 Å². The number of hydrogen-bond donors (Lipinski definition) is 2. The average Bonchev–Trinajstić information content (AvgIpc) is 3.54. The number of carbonyl (C=O) groups is 2. The van der Waals surface area contributed by atoms with Gasteiger partial charge in [-0.2, -0.15) is 0 Å². The molecule has 2 unspecified atom stereocenters. The quantitative estimate of drug-likeness (QED) is 0.218. The van der Waals surface area contributed by atoms with E-state index in [1.54, 1.807) is 0 Å². The molecule has 1 fully saturated rings. The first-order valence-corrected chi connectivity index (χ1v) is 16.4. The van der Waals surface area contributed by atoms with Gasteiger partial charge in [-0.25, -0.2) is 4.79 Å². The number of hydrogen-bond acceptors (Lipinski definition) is 7. The maximum Gasteiger partial charge on any atom is 0.364 e. The Balaban J connectivity index is 0.00000108. The van der Waals surface area contributed by atoms with Crippen LogP contribution in [0.2, 0.25) is 0 Å². The van der Waals surface area contributed by atoms with Crippen LogP contribution >= 0.6 is 11.8 Å². The highest BCUT2D eigenvalue weighted by Crippen LogP contribution is 2.36. The van der Waals surface area contributed by atoms with Gasteiger partial charge in [0.15, 0.2) is 0 Å². The van der Waals surface area contributed by atoms with Crippen molar-refractivity contribution in [1.82, 2.24) is 14.7 Å². The summed E-state index contributed by atoms with van der Waals surface area (Å²) in [6.45, 7) is 11.4. The van der Waals surface area contributed by atoms with Crippen molar-refractivity contribution in [2.75, 3.05) is 59.7 Å². The van der Waals surface area contributed by atoms with E-state index in [4.69, 9.17) is 15.6 Å². The third-order valence-corrected chi connectivity index (χ3v) is 8.08. The number of unbranched alkanes of at least 4 members (excludes halogenated alkanes) is 2. The largest absolute Gasteiger partial charge is 0.493 e. The molecule has 1 aromatic carbocycles. The molecule has 1 saturated heterocycles. The Hall–Kier alpha value is -2.07. The van der Waals surface area contributed by atoms with Crippen LogP contribution in [0.5, 0.6) is 5.75 Å².